The second-order valence-electron chi connectivity index (χ2n) is 5.41. The van der Waals surface area contributed by atoms with Gasteiger partial charge in [-0.2, -0.15) is 0 Å². The summed E-state index contributed by atoms with van der Waals surface area (Å²) in [7, 11) is 3.18. The van der Waals surface area contributed by atoms with Crippen molar-refractivity contribution in [2.45, 2.75) is 33.2 Å². The third-order valence-corrected chi connectivity index (χ3v) is 3.18. The summed E-state index contributed by atoms with van der Waals surface area (Å²) in [5.74, 6) is 1.87. The minimum absolute atomic E-state index is 0.00886. The molecule has 0 bridgehead atoms. The predicted molar refractivity (Wildman–Crippen MR) is 85.1 cm³/mol. The van der Waals surface area contributed by atoms with Crippen molar-refractivity contribution in [2.75, 3.05) is 26.1 Å². The fourth-order valence-corrected chi connectivity index (χ4v) is 1.88. The Bertz CT molecular complexity index is 461. The maximum absolute atomic E-state index is 12.0. The van der Waals surface area contributed by atoms with Crippen molar-refractivity contribution in [3.63, 3.8) is 0 Å². The van der Waals surface area contributed by atoms with Crippen LogP contribution >= 0.6 is 0 Å². The normalized spacial score (nSPS) is 11.9. The van der Waals surface area contributed by atoms with Gasteiger partial charge in [-0.15, -0.1) is 0 Å². The van der Waals surface area contributed by atoms with Gasteiger partial charge in [0.05, 0.1) is 14.2 Å². The SMILES string of the molecule is COc1ccc(NC(C)C(=O)NCCC(C)C)cc1OC. The highest BCUT2D eigenvalue weighted by Gasteiger charge is 2.13. The van der Waals surface area contributed by atoms with Crippen LogP contribution in [-0.2, 0) is 4.79 Å². The third kappa shape index (κ3) is 5.53. The topological polar surface area (TPSA) is 59.6 Å². The molecule has 0 aliphatic rings. The van der Waals surface area contributed by atoms with Gasteiger partial charge < -0.3 is 20.1 Å². The van der Waals surface area contributed by atoms with E-state index in [-0.39, 0.29) is 11.9 Å². The van der Waals surface area contributed by atoms with E-state index in [2.05, 4.69) is 24.5 Å². The van der Waals surface area contributed by atoms with Crippen LogP contribution in [0.2, 0.25) is 0 Å². The number of benzene rings is 1. The molecule has 1 amide bonds. The van der Waals surface area contributed by atoms with Crippen LogP contribution < -0.4 is 20.1 Å². The Morgan fingerprint density at radius 3 is 2.38 bits per heavy atom. The molecule has 1 unspecified atom stereocenters. The lowest BCUT2D eigenvalue weighted by Crippen LogP contribution is -2.38. The van der Waals surface area contributed by atoms with E-state index in [9.17, 15) is 4.79 Å². The largest absolute Gasteiger partial charge is 0.493 e. The molecular weight excluding hydrogens is 268 g/mol. The second kappa shape index (κ2) is 8.39. The minimum atomic E-state index is -0.310. The molecule has 0 aliphatic heterocycles. The van der Waals surface area contributed by atoms with Crippen molar-refractivity contribution in [3.05, 3.63) is 18.2 Å². The molecule has 0 aromatic heterocycles. The molecule has 21 heavy (non-hydrogen) atoms. The van der Waals surface area contributed by atoms with Crippen molar-refractivity contribution in [1.82, 2.24) is 5.32 Å². The third-order valence-electron chi connectivity index (χ3n) is 3.18. The van der Waals surface area contributed by atoms with Crippen LogP contribution in [0.25, 0.3) is 0 Å². The Balaban J connectivity index is 2.57. The van der Waals surface area contributed by atoms with E-state index in [1.165, 1.54) is 0 Å². The van der Waals surface area contributed by atoms with Gasteiger partial charge in [0.2, 0.25) is 5.91 Å². The lowest BCUT2D eigenvalue weighted by atomic mass is 10.1. The van der Waals surface area contributed by atoms with Gasteiger partial charge in [0.1, 0.15) is 6.04 Å². The fraction of sp³-hybridized carbons (Fsp3) is 0.562. The Labute approximate surface area is 127 Å². The van der Waals surface area contributed by atoms with Gasteiger partial charge in [-0.05, 0) is 31.4 Å². The molecule has 118 valence electrons. The van der Waals surface area contributed by atoms with E-state index in [0.717, 1.165) is 12.1 Å². The summed E-state index contributed by atoms with van der Waals surface area (Å²) < 4.78 is 10.4. The summed E-state index contributed by atoms with van der Waals surface area (Å²) in [5, 5.41) is 6.09. The molecule has 1 aromatic rings. The molecule has 0 aliphatic carbocycles. The van der Waals surface area contributed by atoms with Crippen LogP contribution in [0.4, 0.5) is 5.69 Å². The fourth-order valence-electron chi connectivity index (χ4n) is 1.88. The first-order valence-corrected chi connectivity index (χ1v) is 7.24. The first kappa shape index (κ1) is 17.1. The van der Waals surface area contributed by atoms with Crippen molar-refractivity contribution in [1.29, 1.82) is 0 Å². The molecule has 2 N–H and O–H groups in total. The molecule has 0 heterocycles. The Hall–Kier alpha value is -1.91. The molecule has 0 saturated heterocycles. The minimum Gasteiger partial charge on any atom is -0.493 e. The molecule has 1 rings (SSSR count). The second-order valence-corrected chi connectivity index (χ2v) is 5.41. The van der Waals surface area contributed by atoms with E-state index in [4.69, 9.17) is 9.47 Å². The van der Waals surface area contributed by atoms with E-state index in [0.29, 0.717) is 24.0 Å². The predicted octanol–water partition coefficient (Wildman–Crippen LogP) is 2.67. The van der Waals surface area contributed by atoms with Gasteiger partial charge >= 0.3 is 0 Å². The number of nitrogens with one attached hydrogen (secondary N) is 2. The Morgan fingerprint density at radius 1 is 1.14 bits per heavy atom. The highest BCUT2D eigenvalue weighted by Crippen LogP contribution is 2.29. The highest BCUT2D eigenvalue weighted by molar-refractivity contribution is 5.84. The highest BCUT2D eigenvalue weighted by atomic mass is 16.5. The van der Waals surface area contributed by atoms with E-state index in [1.807, 2.05) is 25.1 Å². The van der Waals surface area contributed by atoms with Gasteiger partial charge in [0, 0.05) is 18.3 Å². The summed E-state index contributed by atoms with van der Waals surface area (Å²) >= 11 is 0. The molecule has 1 atom stereocenters. The van der Waals surface area contributed by atoms with Gasteiger partial charge in [0.25, 0.3) is 0 Å². The molecule has 5 heteroatoms. The molecule has 0 radical (unpaired) electrons. The number of hydrogen-bond donors (Lipinski definition) is 2. The number of carbonyl (C=O) groups is 1. The molecule has 0 saturated carbocycles. The molecule has 1 aromatic carbocycles. The number of ether oxygens (including phenoxy) is 2. The molecule has 5 nitrogen and oxygen atoms in total. The number of methoxy groups -OCH3 is 2. The van der Waals surface area contributed by atoms with Crippen LogP contribution in [0.3, 0.4) is 0 Å². The van der Waals surface area contributed by atoms with Crippen molar-refractivity contribution in [2.24, 2.45) is 5.92 Å². The van der Waals surface area contributed by atoms with Crippen molar-refractivity contribution >= 4 is 11.6 Å². The van der Waals surface area contributed by atoms with Crippen LogP contribution in [0, 0.1) is 5.92 Å². The zero-order chi connectivity index (χ0) is 15.8. The first-order valence-electron chi connectivity index (χ1n) is 7.24. The number of hydrogen-bond acceptors (Lipinski definition) is 4. The lowest BCUT2D eigenvalue weighted by Gasteiger charge is -2.17. The number of carbonyl (C=O) groups excluding carboxylic acids is 1. The van der Waals surface area contributed by atoms with Gasteiger partial charge in [0.15, 0.2) is 11.5 Å². The molecular formula is C16H26N2O3. The summed E-state index contributed by atoms with van der Waals surface area (Å²) in [5.41, 5.74) is 0.819. The first-order chi connectivity index (χ1) is 9.97. The lowest BCUT2D eigenvalue weighted by molar-refractivity contribution is -0.121. The van der Waals surface area contributed by atoms with E-state index >= 15 is 0 Å². The smallest absolute Gasteiger partial charge is 0.242 e. The average molecular weight is 294 g/mol. The quantitative estimate of drug-likeness (QED) is 0.774. The van der Waals surface area contributed by atoms with E-state index in [1.54, 1.807) is 14.2 Å². The zero-order valence-corrected chi connectivity index (χ0v) is 13.5. The monoisotopic (exact) mass is 294 g/mol. The van der Waals surface area contributed by atoms with Gasteiger partial charge in [-0.3, -0.25) is 4.79 Å². The van der Waals surface area contributed by atoms with Crippen LogP contribution in [-0.4, -0.2) is 32.7 Å². The van der Waals surface area contributed by atoms with Gasteiger partial charge in [-0.25, -0.2) is 0 Å². The summed E-state index contributed by atoms with van der Waals surface area (Å²) in [6.07, 6.45) is 0.981. The van der Waals surface area contributed by atoms with E-state index < -0.39 is 0 Å². The summed E-state index contributed by atoms with van der Waals surface area (Å²) in [6, 6.07) is 5.18. The standard InChI is InChI=1S/C16H26N2O3/c1-11(2)8-9-17-16(19)12(3)18-13-6-7-14(20-4)15(10-13)21-5/h6-7,10-12,18H,8-9H2,1-5H3,(H,17,19). The number of amides is 1. The summed E-state index contributed by atoms with van der Waals surface area (Å²) in [4.78, 5) is 12.0. The number of rotatable bonds is 8. The van der Waals surface area contributed by atoms with Crippen molar-refractivity contribution < 1.29 is 14.3 Å². The van der Waals surface area contributed by atoms with Gasteiger partial charge in [-0.1, -0.05) is 13.8 Å². The Kier molecular flexibility index (Phi) is 6.85. The zero-order valence-electron chi connectivity index (χ0n) is 13.5. The van der Waals surface area contributed by atoms with Crippen LogP contribution in [0.5, 0.6) is 11.5 Å². The maximum atomic E-state index is 12.0. The van der Waals surface area contributed by atoms with Crippen LogP contribution in [0.15, 0.2) is 18.2 Å². The number of anilines is 1. The van der Waals surface area contributed by atoms with Crippen LogP contribution in [0.1, 0.15) is 27.2 Å². The Morgan fingerprint density at radius 2 is 1.81 bits per heavy atom. The molecule has 0 spiro atoms. The molecule has 0 fully saturated rings. The van der Waals surface area contributed by atoms with Crippen molar-refractivity contribution in [3.8, 4) is 11.5 Å². The maximum Gasteiger partial charge on any atom is 0.242 e. The summed E-state index contributed by atoms with van der Waals surface area (Å²) in [6.45, 7) is 6.81. The average Bonchev–Trinajstić information content (AvgIpc) is 2.46.